The summed E-state index contributed by atoms with van der Waals surface area (Å²) in [5.74, 6) is -5.38. The van der Waals surface area contributed by atoms with Crippen molar-refractivity contribution in [2.24, 2.45) is 5.41 Å². The quantitative estimate of drug-likeness (QED) is 0.196. The van der Waals surface area contributed by atoms with Gasteiger partial charge in [0.15, 0.2) is 0 Å². The lowest BCUT2D eigenvalue weighted by atomic mass is 9.73. The zero-order chi connectivity index (χ0) is 26.0. The molecule has 0 saturated heterocycles. The van der Waals surface area contributed by atoms with E-state index in [-0.39, 0.29) is 18.0 Å². The molecule has 1 aliphatic rings. The number of sulfonamides is 1. The number of benzene rings is 2. The van der Waals surface area contributed by atoms with Crippen LogP contribution in [0.4, 0.5) is 14.5 Å². The number of aryl methyl sites for hydroxylation is 1. The Morgan fingerprint density at radius 3 is 2.37 bits per heavy atom. The minimum atomic E-state index is -4.09. The van der Waals surface area contributed by atoms with Crippen LogP contribution in [0.1, 0.15) is 44.7 Å². The smallest absolute Gasteiger partial charge is 0.376 e. The van der Waals surface area contributed by atoms with Crippen molar-refractivity contribution in [2.45, 2.75) is 51.4 Å². The first-order valence-corrected chi connectivity index (χ1v) is 14.3. The van der Waals surface area contributed by atoms with E-state index in [0.717, 1.165) is 11.1 Å². The molecule has 35 heavy (non-hydrogen) atoms. The number of esters is 1. The van der Waals surface area contributed by atoms with Crippen LogP contribution in [0.25, 0.3) is 5.57 Å². The Kier molecular flexibility index (Phi) is 8.30. The monoisotopic (exact) mass is 617 g/mol. The van der Waals surface area contributed by atoms with Gasteiger partial charge in [-0.05, 0) is 51.0 Å². The van der Waals surface area contributed by atoms with Crippen LogP contribution in [0.5, 0.6) is 0 Å². The molecule has 2 aromatic rings. The zero-order valence-corrected chi connectivity index (χ0v) is 23.3. The number of allylic oxidation sites excluding steroid dienone is 1. The maximum atomic E-state index is 15.2. The fourth-order valence-electron chi connectivity index (χ4n) is 4.72. The molecule has 190 valence electrons. The average Bonchev–Trinajstić information content (AvgIpc) is 2.89. The van der Waals surface area contributed by atoms with Gasteiger partial charge in [0.1, 0.15) is 0 Å². The van der Waals surface area contributed by atoms with Gasteiger partial charge in [-0.1, -0.05) is 71.0 Å². The van der Waals surface area contributed by atoms with Crippen molar-refractivity contribution in [3.8, 4) is 0 Å². The predicted molar refractivity (Wildman–Crippen MR) is 143 cm³/mol. The normalized spacial score (nSPS) is 18.8. The highest BCUT2D eigenvalue weighted by molar-refractivity contribution is 14.1. The average molecular weight is 617 g/mol. The summed E-state index contributed by atoms with van der Waals surface area (Å²) in [5.41, 5.74) is 2.14. The third-order valence-corrected chi connectivity index (χ3v) is 8.70. The molecule has 3 rings (SSSR count). The second-order valence-corrected chi connectivity index (χ2v) is 12.0. The van der Waals surface area contributed by atoms with Crippen LogP contribution in [-0.4, -0.2) is 37.9 Å². The molecule has 1 unspecified atom stereocenters. The summed E-state index contributed by atoms with van der Waals surface area (Å²) in [4.78, 5) is 12.2. The molecule has 0 saturated carbocycles. The number of rotatable bonds is 8. The Morgan fingerprint density at radius 1 is 1.14 bits per heavy atom. The van der Waals surface area contributed by atoms with Crippen LogP contribution in [-0.2, 0) is 19.6 Å². The molecule has 5 nitrogen and oxygen atoms in total. The van der Waals surface area contributed by atoms with E-state index in [0.29, 0.717) is 27.7 Å². The number of fused-ring (bicyclic) bond motifs is 1. The number of anilines is 1. The summed E-state index contributed by atoms with van der Waals surface area (Å²) in [6, 6.07) is 13.5. The Labute approximate surface area is 219 Å². The lowest BCUT2D eigenvalue weighted by Gasteiger charge is -2.38. The number of halogens is 3. The summed E-state index contributed by atoms with van der Waals surface area (Å²) in [7, 11) is -4.09. The molecule has 1 heterocycles. The van der Waals surface area contributed by atoms with E-state index < -0.39 is 33.8 Å². The SMILES string of the molecule is CCOC(=O)C(F)(F)CC1(C)CN(S(=O)(=O)c2ccc(C)cc2)c2ccccc2C(C)=C1CCI. The molecule has 0 N–H and O–H groups in total. The fraction of sp³-hybridized carbons (Fsp3) is 0.423. The maximum Gasteiger partial charge on any atom is 0.376 e. The van der Waals surface area contributed by atoms with Crippen LogP contribution in [0.3, 0.4) is 0 Å². The molecule has 0 spiro atoms. The summed E-state index contributed by atoms with van der Waals surface area (Å²) in [6.45, 7) is 6.38. The molecule has 0 fully saturated rings. The van der Waals surface area contributed by atoms with Crippen molar-refractivity contribution < 1.29 is 26.7 Å². The maximum absolute atomic E-state index is 15.2. The molecule has 0 aromatic heterocycles. The molecule has 0 aliphatic carbocycles. The topological polar surface area (TPSA) is 63.7 Å². The van der Waals surface area contributed by atoms with Gasteiger partial charge in [-0.15, -0.1) is 0 Å². The zero-order valence-electron chi connectivity index (χ0n) is 20.3. The fourth-order valence-corrected chi connectivity index (χ4v) is 6.87. The molecule has 0 amide bonds. The van der Waals surface area contributed by atoms with Crippen LogP contribution in [0, 0.1) is 12.3 Å². The summed E-state index contributed by atoms with van der Waals surface area (Å²) in [6.07, 6.45) is -0.384. The first-order valence-electron chi connectivity index (χ1n) is 11.4. The highest BCUT2D eigenvalue weighted by Crippen LogP contribution is 2.49. The van der Waals surface area contributed by atoms with E-state index in [1.807, 2.05) is 19.9 Å². The van der Waals surface area contributed by atoms with Crippen molar-refractivity contribution in [1.82, 2.24) is 0 Å². The van der Waals surface area contributed by atoms with Crippen molar-refractivity contribution >= 4 is 49.8 Å². The molecule has 1 atom stereocenters. The second kappa shape index (κ2) is 10.5. The molecule has 2 aromatic carbocycles. The Morgan fingerprint density at radius 2 is 1.77 bits per heavy atom. The van der Waals surface area contributed by atoms with E-state index in [2.05, 4.69) is 27.3 Å². The standard InChI is InChI=1S/C26H30F2INO4S/c1-5-34-24(31)26(27,28)16-25(4)17-30(35(32,33)20-12-10-18(2)11-13-20)23-9-7-6-8-21(23)19(3)22(25)14-15-29/h6-13H,5,14-17H2,1-4H3. The highest BCUT2D eigenvalue weighted by atomic mass is 127. The van der Waals surface area contributed by atoms with Crippen LogP contribution >= 0.6 is 22.6 Å². The Balaban J connectivity index is 2.24. The van der Waals surface area contributed by atoms with Crippen LogP contribution in [0.15, 0.2) is 59.0 Å². The minimum Gasteiger partial charge on any atom is -0.462 e. The van der Waals surface area contributed by atoms with E-state index in [1.165, 1.54) is 23.4 Å². The van der Waals surface area contributed by atoms with E-state index in [1.54, 1.807) is 37.3 Å². The lowest BCUT2D eigenvalue weighted by Crippen LogP contribution is -2.45. The number of alkyl halides is 3. The number of carbonyl (C=O) groups is 1. The highest BCUT2D eigenvalue weighted by Gasteiger charge is 2.51. The lowest BCUT2D eigenvalue weighted by molar-refractivity contribution is -0.175. The third kappa shape index (κ3) is 5.55. The van der Waals surface area contributed by atoms with Gasteiger partial charge in [-0.3, -0.25) is 4.31 Å². The van der Waals surface area contributed by atoms with Gasteiger partial charge >= 0.3 is 11.9 Å². The molecule has 0 bridgehead atoms. The molecular weight excluding hydrogens is 587 g/mol. The van der Waals surface area contributed by atoms with Crippen molar-refractivity contribution in [2.75, 3.05) is 21.9 Å². The third-order valence-electron chi connectivity index (χ3n) is 6.39. The number of hydrogen-bond donors (Lipinski definition) is 0. The van der Waals surface area contributed by atoms with Gasteiger partial charge in [0.25, 0.3) is 10.0 Å². The van der Waals surface area contributed by atoms with Crippen LogP contribution in [0.2, 0.25) is 0 Å². The van der Waals surface area contributed by atoms with Gasteiger partial charge in [-0.25, -0.2) is 13.2 Å². The van der Waals surface area contributed by atoms with E-state index in [4.69, 9.17) is 0 Å². The summed E-state index contributed by atoms with van der Waals surface area (Å²) >= 11 is 2.18. The van der Waals surface area contributed by atoms with Crippen LogP contribution < -0.4 is 4.31 Å². The Bertz CT molecular complexity index is 1230. The van der Waals surface area contributed by atoms with Gasteiger partial charge in [-0.2, -0.15) is 8.78 Å². The van der Waals surface area contributed by atoms with Gasteiger partial charge in [0.2, 0.25) is 0 Å². The van der Waals surface area contributed by atoms with Crippen molar-refractivity contribution in [1.29, 1.82) is 0 Å². The van der Waals surface area contributed by atoms with Gasteiger partial charge < -0.3 is 4.74 Å². The number of para-hydroxylation sites is 1. The molecule has 1 aliphatic heterocycles. The van der Waals surface area contributed by atoms with E-state index >= 15 is 8.78 Å². The first kappa shape index (κ1) is 27.6. The first-order chi connectivity index (χ1) is 16.4. The Hall–Kier alpha value is -2.01. The van der Waals surface area contributed by atoms with Gasteiger partial charge in [0.05, 0.1) is 17.2 Å². The molecule has 0 radical (unpaired) electrons. The number of carbonyl (C=O) groups excluding carboxylic acids is 1. The van der Waals surface area contributed by atoms with Crippen molar-refractivity contribution in [3.05, 3.63) is 65.2 Å². The van der Waals surface area contributed by atoms with Crippen molar-refractivity contribution in [3.63, 3.8) is 0 Å². The number of hydrogen-bond acceptors (Lipinski definition) is 4. The molecular formula is C26H30F2INO4S. The minimum absolute atomic E-state index is 0.0763. The number of nitrogens with zero attached hydrogens (tertiary/aromatic N) is 1. The number of ether oxygens (including phenoxy) is 1. The van der Waals surface area contributed by atoms with Gasteiger partial charge in [0, 0.05) is 28.4 Å². The predicted octanol–water partition coefficient (Wildman–Crippen LogP) is 6.40. The van der Waals surface area contributed by atoms with E-state index in [9.17, 15) is 13.2 Å². The summed E-state index contributed by atoms with van der Waals surface area (Å²) < 4.78 is 64.6. The molecule has 9 heteroatoms. The largest absolute Gasteiger partial charge is 0.462 e. The second-order valence-electron chi connectivity index (χ2n) is 9.05. The summed E-state index contributed by atoms with van der Waals surface area (Å²) in [5, 5.41) is 0.